The predicted octanol–water partition coefficient (Wildman–Crippen LogP) is 13.7. The van der Waals surface area contributed by atoms with Gasteiger partial charge in [-0.1, -0.05) is 158 Å². The van der Waals surface area contributed by atoms with E-state index in [1.165, 1.54) is 5.56 Å². The molecule has 0 saturated heterocycles. The molecule has 290 valence electrons. The van der Waals surface area contributed by atoms with E-state index in [9.17, 15) is 0 Å². The summed E-state index contributed by atoms with van der Waals surface area (Å²) in [4.78, 5) is 29.1. The normalized spacial score (nSPS) is 11.2. The van der Waals surface area contributed by atoms with Crippen LogP contribution in [0.15, 0.2) is 219 Å². The first-order chi connectivity index (χ1) is 30.7. The number of pyridine rings is 3. The van der Waals surface area contributed by atoms with E-state index in [-0.39, 0.29) is 0 Å². The lowest BCUT2D eigenvalue weighted by Crippen LogP contribution is -2.00. The van der Waals surface area contributed by atoms with Crippen LogP contribution < -0.4 is 0 Å². The van der Waals surface area contributed by atoms with Crippen LogP contribution in [0.25, 0.3) is 112 Å². The molecule has 6 nitrogen and oxygen atoms in total. The summed E-state index contributed by atoms with van der Waals surface area (Å²) in [6.07, 6.45) is 7.31. The van der Waals surface area contributed by atoms with Gasteiger partial charge in [-0.2, -0.15) is 0 Å². The molecular weight excluding hydrogens is 757 g/mol. The Hall–Kier alpha value is -8.48. The molecule has 6 heteroatoms. The van der Waals surface area contributed by atoms with Crippen molar-refractivity contribution >= 4 is 21.5 Å². The van der Waals surface area contributed by atoms with Gasteiger partial charge >= 0.3 is 0 Å². The van der Waals surface area contributed by atoms with E-state index >= 15 is 0 Å². The monoisotopic (exact) mass is 792 g/mol. The van der Waals surface area contributed by atoms with Crippen LogP contribution in [0.3, 0.4) is 0 Å². The van der Waals surface area contributed by atoms with Gasteiger partial charge in [0.1, 0.15) is 0 Å². The molecule has 0 unspecified atom stereocenters. The Morgan fingerprint density at radius 3 is 1.02 bits per heavy atom. The van der Waals surface area contributed by atoms with Crippen molar-refractivity contribution in [2.45, 2.75) is 0 Å². The zero-order valence-electron chi connectivity index (χ0n) is 33.5. The molecule has 0 bridgehead atoms. The average molecular weight is 793 g/mol. The molecule has 0 aliphatic rings. The van der Waals surface area contributed by atoms with Crippen LogP contribution in [0.5, 0.6) is 0 Å². The lowest BCUT2D eigenvalue weighted by molar-refractivity contribution is 1.07. The summed E-state index contributed by atoms with van der Waals surface area (Å²) in [7, 11) is 0. The van der Waals surface area contributed by atoms with Crippen LogP contribution in [0.2, 0.25) is 0 Å². The van der Waals surface area contributed by atoms with Crippen molar-refractivity contribution in [2.75, 3.05) is 0 Å². The van der Waals surface area contributed by atoms with Crippen molar-refractivity contribution < 1.29 is 0 Å². The Morgan fingerprint density at radius 1 is 0.242 bits per heavy atom. The highest BCUT2D eigenvalue weighted by Crippen LogP contribution is 2.45. The lowest BCUT2D eigenvalue weighted by Gasteiger charge is -2.19. The maximum Gasteiger partial charge on any atom is 0.164 e. The Bertz CT molecular complexity index is 3240. The summed E-state index contributed by atoms with van der Waals surface area (Å²) in [5.41, 5.74) is 13.2. The third-order valence-corrected chi connectivity index (χ3v) is 11.3. The third-order valence-electron chi connectivity index (χ3n) is 11.3. The first-order valence-electron chi connectivity index (χ1n) is 20.6. The van der Waals surface area contributed by atoms with Crippen LogP contribution in [0, 0.1) is 0 Å². The smallest absolute Gasteiger partial charge is 0.164 e. The number of aromatic nitrogens is 6. The Labute approximate surface area is 359 Å². The fourth-order valence-corrected chi connectivity index (χ4v) is 8.33. The van der Waals surface area contributed by atoms with Gasteiger partial charge in [0.25, 0.3) is 0 Å². The van der Waals surface area contributed by atoms with Crippen molar-refractivity contribution in [1.82, 2.24) is 29.9 Å². The third kappa shape index (κ3) is 6.95. The molecule has 0 atom stereocenters. The van der Waals surface area contributed by atoms with Crippen molar-refractivity contribution in [3.63, 3.8) is 0 Å². The maximum absolute atomic E-state index is 5.12. The second-order valence-electron chi connectivity index (χ2n) is 15.1. The molecular formula is C56H36N6. The number of hydrogen-bond donors (Lipinski definition) is 0. The number of rotatable bonds is 8. The minimum Gasteiger partial charge on any atom is -0.264 e. The minimum absolute atomic E-state index is 0.615. The molecule has 0 aliphatic carbocycles. The second kappa shape index (κ2) is 15.9. The van der Waals surface area contributed by atoms with E-state index in [0.717, 1.165) is 88.6 Å². The van der Waals surface area contributed by atoms with Crippen molar-refractivity contribution in [3.05, 3.63) is 219 Å². The van der Waals surface area contributed by atoms with Crippen LogP contribution >= 0.6 is 0 Å². The van der Waals surface area contributed by atoms with E-state index in [2.05, 4.69) is 156 Å². The fourth-order valence-electron chi connectivity index (χ4n) is 8.33. The zero-order chi connectivity index (χ0) is 41.2. The van der Waals surface area contributed by atoms with Crippen LogP contribution in [0.4, 0.5) is 0 Å². The van der Waals surface area contributed by atoms with E-state index in [1.54, 1.807) is 12.4 Å². The number of fused-ring (bicyclic) bond motifs is 2. The van der Waals surface area contributed by atoms with Gasteiger partial charge in [0, 0.05) is 52.6 Å². The molecule has 11 aromatic rings. The maximum atomic E-state index is 5.12. The molecule has 7 aromatic carbocycles. The highest BCUT2D eigenvalue weighted by Gasteiger charge is 2.19. The van der Waals surface area contributed by atoms with E-state index in [0.29, 0.717) is 17.5 Å². The topological polar surface area (TPSA) is 77.3 Å². The van der Waals surface area contributed by atoms with Crippen molar-refractivity contribution in [2.24, 2.45) is 0 Å². The molecule has 0 N–H and O–H groups in total. The summed E-state index contributed by atoms with van der Waals surface area (Å²) >= 11 is 0. The van der Waals surface area contributed by atoms with E-state index in [1.807, 2.05) is 60.9 Å². The molecule has 0 spiro atoms. The fraction of sp³-hybridized carbons (Fsp3) is 0. The highest BCUT2D eigenvalue weighted by atomic mass is 15.0. The van der Waals surface area contributed by atoms with Crippen molar-refractivity contribution in [3.8, 4) is 90.1 Å². The van der Waals surface area contributed by atoms with Gasteiger partial charge in [0.05, 0.1) is 11.4 Å². The van der Waals surface area contributed by atoms with Gasteiger partial charge in [0.2, 0.25) is 0 Å². The molecule has 4 aromatic heterocycles. The van der Waals surface area contributed by atoms with Crippen LogP contribution in [0.1, 0.15) is 0 Å². The van der Waals surface area contributed by atoms with Crippen molar-refractivity contribution in [1.29, 1.82) is 0 Å². The minimum atomic E-state index is 0.615. The average Bonchev–Trinajstić information content (AvgIpc) is 3.36. The molecule has 0 amide bonds. The predicted molar refractivity (Wildman–Crippen MR) is 252 cm³/mol. The molecule has 0 radical (unpaired) electrons. The molecule has 0 aliphatic heterocycles. The summed E-state index contributed by atoms with van der Waals surface area (Å²) < 4.78 is 0. The Balaban J connectivity index is 1.04. The summed E-state index contributed by atoms with van der Waals surface area (Å²) in [6.45, 7) is 0. The standard InChI is InChI=1S/C56H36N6/c1-3-13-37(14-4-1)38-23-27-41(28-24-38)55-60-54(40-15-5-2-6-16-40)61-56(62-55)42-29-25-39(26-30-42)52-46-19-7-9-21-48(46)53(49-22-10-8-20-47(49)52)45-33-50(43-17-11-31-57-35-43)59-51(34-45)44-18-12-32-58-36-44/h1-36H. The summed E-state index contributed by atoms with van der Waals surface area (Å²) in [6, 6.07) is 67.3. The lowest BCUT2D eigenvalue weighted by atomic mass is 9.85. The second-order valence-corrected chi connectivity index (χ2v) is 15.1. The highest BCUT2D eigenvalue weighted by molar-refractivity contribution is 6.21. The van der Waals surface area contributed by atoms with Crippen LogP contribution in [-0.2, 0) is 0 Å². The van der Waals surface area contributed by atoms with Gasteiger partial charge in [-0.25, -0.2) is 19.9 Å². The quantitative estimate of drug-likeness (QED) is 0.143. The first-order valence-corrected chi connectivity index (χ1v) is 20.6. The van der Waals surface area contributed by atoms with Gasteiger partial charge in [-0.05, 0) is 91.3 Å². The SMILES string of the molecule is c1ccc(-c2ccc(-c3nc(-c4ccccc4)nc(-c4ccc(-c5c6ccccc6c(-c6cc(-c7cccnc7)nc(-c7cccnc7)c6)c6ccccc56)cc4)n3)cc2)cc1. The van der Waals surface area contributed by atoms with E-state index in [4.69, 9.17) is 19.9 Å². The molecule has 4 heterocycles. The first kappa shape index (κ1) is 36.6. The number of nitrogens with zero attached hydrogens (tertiary/aromatic N) is 6. The largest absolute Gasteiger partial charge is 0.264 e. The molecule has 11 rings (SSSR count). The van der Waals surface area contributed by atoms with Crippen LogP contribution in [-0.4, -0.2) is 29.9 Å². The molecule has 0 saturated carbocycles. The van der Waals surface area contributed by atoms with E-state index < -0.39 is 0 Å². The summed E-state index contributed by atoms with van der Waals surface area (Å²) in [5.74, 6) is 1.87. The number of hydrogen-bond acceptors (Lipinski definition) is 6. The molecule has 0 fully saturated rings. The zero-order valence-corrected chi connectivity index (χ0v) is 33.5. The Kier molecular flexibility index (Phi) is 9.41. The van der Waals surface area contributed by atoms with Gasteiger partial charge in [0.15, 0.2) is 17.5 Å². The Morgan fingerprint density at radius 2 is 0.581 bits per heavy atom. The summed E-state index contributed by atoms with van der Waals surface area (Å²) in [5, 5.41) is 4.62. The van der Waals surface area contributed by atoms with Gasteiger partial charge in [-0.3, -0.25) is 9.97 Å². The number of benzene rings is 7. The van der Waals surface area contributed by atoms with Gasteiger partial charge < -0.3 is 0 Å². The van der Waals surface area contributed by atoms with Gasteiger partial charge in [-0.15, -0.1) is 0 Å². The molecule has 62 heavy (non-hydrogen) atoms.